The largest absolute Gasteiger partial charge is 0.393 e. The highest BCUT2D eigenvalue weighted by molar-refractivity contribution is 5.22. The summed E-state index contributed by atoms with van der Waals surface area (Å²) in [5.74, 6) is 1.08. The van der Waals surface area contributed by atoms with Gasteiger partial charge in [-0.15, -0.1) is 0 Å². The topological polar surface area (TPSA) is 79.2 Å². The molecular weight excluding hydrogens is 416 g/mol. The van der Waals surface area contributed by atoms with E-state index in [1.54, 1.807) is 0 Å². The van der Waals surface area contributed by atoms with Gasteiger partial charge >= 0.3 is 0 Å². The van der Waals surface area contributed by atoms with Crippen LogP contribution in [0.5, 0.6) is 0 Å². The molecule has 4 aliphatic carbocycles. The molecule has 0 radical (unpaired) electrons. The molecule has 0 aromatic carbocycles. The van der Waals surface area contributed by atoms with Gasteiger partial charge in [-0.05, 0) is 106 Å². The third-order valence-corrected chi connectivity index (χ3v) is 12.5. The molecule has 1 spiro atoms. The molecule has 5 nitrogen and oxygen atoms in total. The smallest absolute Gasteiger partial charge is 0.198 e. The van der Waals surface area contributed by atoms with Crippen LogP contribution in [0.25, 0.3) is 0 Å². The minimum Gasteiger partial charge on any atom is -0.393 e. The van der Waals surface area contributed by atoms with Gasteiger partial charge in [0, 0.05) is 12.3 Å². The summed E-state index contributed by atoms with van der Waals surface area (Å²) in [6, 6.07) is 0. The van der Waals surface area contributed by atoms with Crippen LogP contribution in [0.1, 0.15) is 92.9 Å². The van der Waals surface area contributed by atoms with E-state index < -0.39 is 11.4 Å². The number of aliphatic hydroxyl groups is 3. The molecule has 13 atom stereocenters. The van der Waals surface area contributed by atoms with Crippen LogP contribution < -0.4 is 0 Å². The molecule has 3 N–H and O–H groups in total. The van der Waals surface area contributed by atoms with Gasteiger partial charge in [0.05, 0.1) is 23.9 Å². The first-order valence-corrected chi connectivity index (χ1v) is 13.7. The van der Waals surface area contributed by atoms with E-state index in [-0.39, 0.29) is 40.7 Å². The Balaban J connectivity index is 1.34. The molecule has 8 unspecified atom stereocenters. The fourth-order valence-electron chi connectivity index (χ4n) is 10.7. The van der Waals surface area contributed by atoms with E-state index in [2.05, 4.69) is 34.6 Å². The molecule has 33 heavy (non-hydrogen) atoms. The summed E-state index contributed by atoms with van der Waals surface area (Å²) in [4.78, 5) is 0. The summed E-state index contributed by atoms with van der Waals surface area (Å²) in [5.41, 5.74) is -1.45. The fourth-order valence-corrected chi connectivity index (χ4v) is 10.7. The van der Waals surface area contributed by atoms with Crippen molar-refractivity contribution < 1.29 is 24.8 Å². The molecule has 2 saturated heterocycles. The SMILES string of the molecule is C[C@H]1C[C@@]2(OC3CC4C5CCC6C[C@H](O)CCC6(C)C5[C@@H](O)CC4(C)C3[C@@]2(C)O)OC1(C)C. The van der Waals surface area contributed by atoms with Crippen molar-refractivity contribution >= 4 is 0 Å². The van der Waals surface area contributed by atoms with E-state index >= 15 is 0 Å². The molecular formula is C28H46O5. The highest BCUT2D eigenvalue weighted by atomic mass is 16.7. The average Bonchev–Trinajstić information content (AvgIpc) is 3.20. The Labute approximate surface area is 199 Å². The van der Waals surface area contributed by atoms with Crippen molar-refractivity contribution in [1.29, 1.82) is 0 Å². The van der Waals surface area contributed by atoms with Crippen LogP contribution in [0.15, 0.2) is 0 Å². The monoisotopic (exact) mass is 462 g/mol. The Hall–Kier alpha value is -0.200. The van der Waals surface area contributed by atoms with E-state index in [0.29, 0.717) is 29.6 Å². The molecule has 188 valence electrons. The second-order valence-electron chi connectivity index (χ2n) is 14.4. The van der Waals surface area contributed by atoms with Gasteiger partial charge in [-0.1, -0.05) is 20.8 Å². The Kier molecular flexibility index (Phi) is 4.76. The number of fused-ring (bicyclic) bond motifs is 7. The molecule has 0 amide bonds. The summed E-state index contributed by atoms with van der Waals surface area (Å²) in [6.45, 7) is 13.1. The molecule has 0 aromatic heterocycles. The summed E-state index contributed by atoms with van der Waals surface area (Å²) in [6.07, 6.45) is 6.94. The van der Waals surface area contributed by atoms with Crippen LogP contribution in [0.2, 0.25) is 0 Å². The quantitative estimate of drug-likeness (QED) is 0.501. The molecule has 6 aliphatic rings. The van der Waals surface area contributed by atoms with Gasteiger partial charge in [0.15, 0.2) is 5.79 Å². The third kappa shape index (κ3) is 2.78. The van der Waals surface area contributed by atoms with Crippen molar-refractivity contribution in [2.75, 3.05) is 0 Å². The van der Waals surface area contributed by atoms with Gasteiger partial charge in [-0.3, -0.25) is 0 Å². The number of ether oxygens (including phenoxy) is 2. The van der Waals surface area contributed by atoms with Crippen molar-refractivity contribution in [3.05, 3.63) is 0 Å². The van der Waals surface area contributed by atoms with Crippen molar-refractivity contribution in [2.45, 2.75) is 128 Å². The van der Waals surface area contributed by atoms with E-state index in [1.807, 2.05) is 6.92 Å². The Bertz CT molecular complexity index is 825. The van der Waals surface area contributed by atoms with Gasteiger partial charge in [-0.25, -0.2) is 0 Å². The number of rotatable bonds is 0. The van der Waals surface area contributed by atoms with E-state index in [1.165, 1.54) is 0 Å². The zero-order valence-corrected chi connectivity index (χ0v) is 21.5. The summed E-state index contributed by atoms with van der Waals surface area (Å²) < 4.78 is 13.3. The standard InChI is InChI=1S/C28H46O5/c1-15-13-28(33-24(15,2)3)27(6,31)23-21(32-28)12-19-18-8-7-16-11-17(29)9-10-25(16,4)22(18)20(30)14-26(19,23)5/h15-23,29-31H,7-14H2,1-6H3/t15-,16?,17+,18?,19?,20-,21?,22?,23?,25?,26?,27+,28+/m0/s1. The predicted octanol–water partition coefficient (Wildman–Crippen LogP) is 4.27. The fraction of sp³-hybridized carbons (Fsp3) is 1.00. The Morgan fingerprint density at radius 3 is 2.27 bits per heavy atom. The van der Waals surface area contributed by atoms with Gasteiger partial charge < -0.3 is 24.8 Å². The zero-order valence-electron chi connectivity index (χ0n) is 21.5. The van der Waals surface area contributed by atoms with Gasteiger partial charge in [0.2, 0.25) is 0 Å². The van der Waals surface area contributed by atoms with E-state index in [9.17, 15) is 15.3 Å². The molecule has 2 heterocycles. The van der Waals surface area contributed by atoms with Gasteiger partial charge in [0.25, 0.3) is 0 Å². The van der Waals surface area contributed by atoms with Crippen LogP contribution >= 0.6 is 0 Å². The lowest BCUT2D eigenvalue weighted by Crippen LogP contribution is -2.62. The van der Waals surface area contributed by atoms with E-state index in [0.717, 1.165) is 51.4 Å². The maximum atomic E-state index is 12.2. The first-order chi connectivity index (χ1) is 15.3. The highest BCUT2D eigenvalue weighted by Crippen LogP contribution is 2.72. The molecule has 6 fully saturated rings. The Morgan fingerprint density at radius 2 is 1.61 bits per heavy atom. The minimum absolute atomic E-state index is 0.0132. The van der Waals surface area contributed by atoms with Crippen LogP contribution in [-0.4, -0.2) is 50.6 Å². The second kappa shape index (κ2) is 6.76. The molecule has 0 bridgehead atoms. The Morgan fingerprint density at radius 1 is 0.879 bits per heavy atom. The van der Waals surface area contributed by atoms with Gasteiger partial charge in [0.1, 0.15) is 5.60 Å². The molecule has 5 heteroatoms. The maximum absolute atomic E-state index is 12.2. The minimum atomic E-state index is -1.08. The lowest BCUT2D eigenvalue weighted by Gasteiger charge is -2.63. The summed E-state index contributed by atoms with van der Waals surface area (Å²) in [5, 5.41) is 34.2. The number of aliphatic hydroxyl groups excluding tert-OH is 2. The van der Waals surface area contributed by atoms with Gasteiger partial charge in [-0.2, -0.15) is 0 Å². The summed E-state index contributed by atoms with van der Waals surface area (Å²) in [7, 11) is 0. The van der Waals surface area contributed by atoms with Crippen LogP contribution in [-0.2, 0) is 9.47 Å². The normalized spacial score (nSPS) is 63.7. The number of hydrogen-bond acceptors (Lipinski definition) is 5. The molecule has 0 aromatic rings. The lowest BCUT2D eigenvalue weighted by molar-refractivity contribution is -0.300. The predicted molar refractivity (Wildman–Crippen MR) is 125 cm³/mol. The average molecular weight is 463 g/mol. The first kappa shape index (κ1) is 23.2. The van der Waals surface area contributed by atoms with Crippen LogP contribution in [0, 0.1) is 46.3 Å². The van der Waals surface area contributed by atoms with Crippen molar-refractivity contribution in [3.8, 4) is 0 Å². The number of hydrogen-bond donors (Lipinski definition) is 3. The second-order valence-corrected chi connectivity index (χ2v) is 14.4. The maximum Gasteiger partial charge on any atom is 0.198 e. The van der Waals surface area contributed by atoms with Crippen LogP contribution in [0.3, 0.4) is 0 Å². The zero-order chi connectivity index (χ0) is 23.8. The first-order valence-electron chi connectivity index (χ1n) is 13.7. The molecule has 2 aliphatic heterocycles. The highest BCUT2D eigenvalue weighted by Gasteiger charge is 2.77. The van der Waals surface area contributed by atoms with Crippen LogP contribution in [0.4, 0.5) is 0 Å². The molecule has 4 saturated carbocycles. The third-order valence-electron chi connectivity index (χ3n) is 12.5. The lowest BCUT2D eigenvalue weighted by atomic mass is 9.43. The van der Waals surface area contributed by atoms with Crippen molar-refractivity contribution in [2.24, 2.45) is 46.3 Å². The van der Waals surface area contributed by atoms with Crippen molar-refractivity contribution in [1.82, 2.24) is 0 Å². The molecule has 6 rings (SSSR count). The van der Waals surface area contributed by atoms with Crippen molar-refractivity contribution in [3.63, 3.8) is 0 Å². The summed E-state index contributed by atoms with van der Waals surface area (Å²) >= 11 is 0. The van der Waals surface area contributed by atoms with E-state index in [4.69, 9.17) is 9.47 Å².